The molecule has 26 heavy (non-hydrogen) atoms. The van der Waals surface area contributed by atoms with E-state index in [9.17, 15) is 4.79 Å². The van der Waals surface area contributed by atoms with Crippen LogP contribution in [0.4, 0.5) is 0 Å². The van der Waals surface area contributed by atoms with Crippen LogP contribution >= 0.6 is 0 Å². The Morgan fingerprint density at radius 2 is 1.38 bits per heavy atom. The van der Waals surface area contributed by atoms with Crippen molar-refractivity contribution < 1.29 is 14.3 Å². The number of esters is 1. The zero-order chi connectivity index (χ0) is 18.5. The van der Waals surface area contributed by atoms with E-state index in [-0.39, 0.29) is 5.97 Å². The molecule has 0 aliphatic heterocycles. The molecule has 0 aliphatic carbocycles. The van der Waals surface area contributed by atoms with E-state index in [1.54, 1.807) is 18.2 Å². The molecule has 0 saturated carbocycles. The lowest BCUT2D eigenvalue weighted by molar-refractivity contribution is 0.0730. The first kappa shape index (κ1) is 20.0. The standard InChI is InChI=1S/C23H30O3/c1-2-3-4-5-6-7-8-14-19-25-22-18-13-12-17-21(22)23(24)26-20-15-10-9-11-16-20/h9-13,15-18H,2-8,14,19H2,1H3. The van der Waals surface area contributed by atoms with Crippen LogP contribution in [0.1, 0.15) is 68.6 Å². The molecule has 2 aromatic rings. The average molecular weight is 354 g/mol. The first-order valence-electron chi connectivity index (χ1n) is 9.80. The van der Waals surface area contributed by atoms with Crippen molar-refractivity contribution >= 4 is 5.97 Å². The highest BCUT2D eigenvalue weighted by atomic mass is 16.5. The van der Waals surface area contributed by atoms with Crippen molar-refractivity contribution in [3.63, 3.8) is 0 Å². The molecule has 0 aliphatic rings. The van der Waals surface area contributed by atoms with Crippen molar-refractivity contribution in [2.24, 2.45) is 0 Å². The summed E-state index contributed by atoms with van der Waals surface area (Å²) in [5, 5.41) is 0. The van der Waals surface area contributed by atoms with Crippen LogP contribution < -0.4 is 9.47 Å². The van der Waals surface area contributed by atoms with Crippen LogP contribution in [0.5, 0.6) is 11.5 Å². The molecule has 0 amide bonds. The van der Waals surface area contributed by atoms with Gasteiger partial charge in [-0.25, -0.2) is 4.79 Å². The van der Waals surface area contributed by atoms with Gasteiger partial charge in [0.25, 0.3) is 0 Å². The molecule has 0 radical (unpaired) electrons. The monoisotopic (exact) mass is 354 g/mol. The lowest BCUT2D eigenvalue weighted by atomic mass is 10.1. The molecular weight excluding hydrogens is 324 g/mol. The highest BCUT2D eigenvalue weighted by Crippen LogP contribution is 2.21. The van der Waals surface area contributed by atoms with Gasteiger partial charge in [-0.2, -0.15) is 0 Å². The Bertz CT molecular complexity index is 637. The molecule has 0 spiro atoms. The fourth-order valence-electron chi connectivity index (χ4n) is 2.83. The third-order valence-electron chi connectivity index (χ3n) is 4.32. The Kier molecular flexibility index (Phi) is 9.34. The molecule has 0 fully saturated rings. The van der Waals surface area contributed by atoms with Crippen LogP contribution in [0.25, 0.3) is 0 Å². The highest BCUT2D eigenvalue weighted by Gasteiger charge is 2.14. The number of hydrogen-bond donors (Lipinski definition) is 0. The topological polar surface area (TPSA) is 35.5 Å². The van der Waals surface area contributed by atoms with E-state index in [0.29, 0.717) is 23.7 Å². The lowest BCUT2D eigenvalue weighted by Gasteiger charge is -2.11. The zero-order valence-electron chi connectivity index (χ0n) is 15.8. The first-order chi connectivity index (χ1) is 12.8. The minimum absolute atomic E-state index is 0.386. The van der Waals surface area contributed by atoms with Gasteiger partial charge in [-0.15, -0.1) is 0 Å². The number of unbranched alkanes of at least 4 members (excludes halogenated alkanes) is 7. The largest absolute Gasteiger partial charge is 0.493 e. The summed E-state index contributed by atoms with van der Waals surface area (Å²) in [5.41, 5.74) is 0.468. The third kappa shape index (κ3) is 7.30. The van der Waals surface area contributed by atoms with Crippen molar-refractivity contribution in [2.75, 3.05) is 6.61 Å². The van der Waals surface area contributed by atoms with Crippen LogP contribution in [0.2, 0.25) is 0 Å². The van der Waals surface area contributed by atoms with E-state index in [1.165, 1.54) is 44.9 Å². The summed E-state index contributed by atoms with van der Waals surface area (Å²) in [7, 11) is 0. The summed E-state index contributed by atoms with van der Waals surface area (Å²) in [6.45, 7) is 2.87. The van der Waals surface area contributed by atoms with Crippen LogP contribution in [0, 0.1) is 0 Å². The maximum Gasteiger partial charge on any atom is 0.347 e. The van der Waals surface area contributed by atoms with E-state index in [0.717, 1.165) is 6.42 Å². The van der Waals surface area contributed by atoms with Crippen LogP contribution in [-0.4, -0.2) is 12.6 Å². The molecule has 0 atom stereocenters. The summed E-state index contributed by atoms with van der Waals surface area (Å²) in [5.74, 6) is 0.745. The Morgan fingerprint density at radius 3 is 2.12 bits per heavy atom. The minimum atomic E-state index is -0.386. The van der Waals surface area contributed by atoms with Gasteiger partial charge in [0.2, 0.25) is 0 Å². The molecule has 3 heteroatoms. The summed E-state index contributed by atoms with van der Waals surface area (Å²) >= 11 is 0. The average Bonchev–Trinajstić information content (AvgIpc) is 2.68. The SMILES string of the molecule is CCCCCCCCCCOc1ccccc1C(=O)Oc1ccccc1. The number of carbonyl (C=O) groups is 1. The molecule has 0 heterocycles. The zero-order valence-corrected chi connectivity index (χ0v) is 15.8. The number of rotatable bonds is 12. The van der Waals surface area contributed by atoms with Crippen LogP contribution in [-0.2, 0) is 0 Å². The normalized spacial score (nSPS) is 10.5. The van der Waals surface area contributed by atoms with Crippen molar-refractivity contribution in [1.29, 1.82) is 0 Å². The van der Waals surface area contributed by atoms with Gasteiger partial charge in [0.1, 0.15) is 17.1 Å². The van der Waals surface area contributed by atoms with Crippen molar-refractivity contribution in [3.05, 3.63) is 60.2 Å². The predicted octanol–water partition coefficient (Wildman–Crippen LogP) is 6.43. The minimum Gasteiger partial charge on any atom is -0.493 e. The highest BCUT2D eigenvalue weighted by molar-refractivity contribution is 5.93. The molecule has 2 aromatic carbocycles. The molecule has 0 N–H and O–H groups in total. The third-order valence-corrected chi connectivity index (χ3v) is 4.32. The second-order valence-corrected chi connectivity index (χ2v) is 6.52. The van der Waals surface area contributed by atoms with Gasteiger partial charge in [-0.05, 0) is 30.7 Å². The van der Waals surface area contributed by atoms with E-state index in [1.807, 2.05) is 36.4 Å². The quantitative estimate of drug-likeness (QED) is 0.250. The van der Waals surface area contributed by atoms with Crippen molar-refractivity contribution in [1.82, 2.24) is 0 Å². The Balaban J connectivity index is 1.73. The molecule has 0 unspecified atom stereocenters. The van der Waals surface area contributed by atoms with Crippen molar-refractivity contribution in [3.8, 4) is 11.5 Å². The molecule has 0 bridgehead atoms. The summed E-state index contributed by atoms with van der Waals surface area (Å²) in [6, 6.07) is 16.4. The number of ether oxygens (including phenoxy) is 2. The number of para-hydroxylation sites is 2. The van der Waals surface area contributed by atoms with E-state index in [4.69, 9.17) is 9.47 Å². The van der Waals surface area contributed by atoms with Gasteiger partial charge in [0, 0.05) is 0 Å². The molecule has 0 saturated heterocycles. The molecular formula is C23H30O3. The van der Waals surface area contributed by atoms with Gasteiger partial charge in [0.15, 0.2) is 0 Å². The second-order valence-electron chi connectivity index (χ2n) is 6.52. The Hall–Kier alpha value is -2.29. The number of benzene rings is 2. The number of hydrogen-bond acceptors (Lipinski definition) is 3. The molecule has 0 aromatic heterocycles. The smallest absolute Gasteiger partial charge is 0.347 e. The maximum absolute atomic E-state index is 12.4. The predicted molar refractivity (Wildman–Crippen MR) is 106 cm³/mol. The maximum atomic E-state index is 12.4. The van der Waals surface area contributed by atoms with Gasteiger partial charge in [-0.1, -0.05) is 82.2 Å². The van der Waals surface area contributed by atoms with Gasteiger partial charge >= 0.3 is 5.97 Å². The fraction of sp³-hybridized carbons (Fsp3) is 0.435. The van der Waals surface area contributed by atoms with E-state index in [2.05, 4.69) is 6.92 Å². The number of carbonyl (C=O) groups excluding carboxylic acids is 1. The summed E-state index contributed by atoms with van der Waals surface area (Å²) in [6.07, 6.45) is 10.1. The van der Waals surface area contributed by atoms with E-state index < -0.39 is 0 Å². The Morgan fingerprint density at radius 1 is 0.769 bits per heavy atom. The van der Waals surface area contributed by atoms with E-state index >= 15 is 0 Å². The molecule has 140 valence electrons. The lowest BCUT2D eigenvalue weighted by Crippen LogP contribution is -2.11. The van der Waals surface area contributed by atoms with Crippen LogP contribution in [0.3, 0.4) is 0 Å². The summed E-state index contributed by atoms with van der Waals surface area (Å²) in [4.78, 5) is 12.4. The Labute approximate surface area is 157 Å². The summed E-state index contributed by atoms with van der Waals surface area (Å²) < 4.78 is 11.3. The van der Waals surface area contributed by atoms with Gasteiger partial charge < -0.3 is 9.47 Å². The van der Waals surface area contributed by atoms with Crippen LogP contribution in [0.15, 0.2) is 54.6 Å². The molecule has 3 nitrogen and oxygen atoms in total. The first-order valence-corrected chi connectivity index (χ1v) is 9.80. The van der Waals surface area contributed by atoms with Gasteiger partial charge in [-0.3, -0.25) is 0 Å². The van der Waals surface area contributed by atoms with Crippen molar-refractivity contribution in [2.45, 2.75) is 58.3 Å². The molecule has 2 rings (SSSR count). The second kappa shape index (κ2) is 12.1. The van der Waals surface area contributed by atoms with Gasteiger partial charge in [0.05, 0.1) is 6.61 Å². The fourth-order valence-corrected chi connectivity index (χ4v) is 2.83.